The molecule has 0 spiro atoms. The first-order chi connectivity index (χ1) is 8.24. The highest BCUT2D eigenvalue weighted by Crippen LogP contribution is 2.32. The number of benzene rings is 1. The van der Waals surface area contributed by atoms with E-state index in [0.717, 1.165) is 30.0 Å². The van der Waals surface area contributed by atoms with Gasteiger partial charge in [0, 0.05) is 23.7 Å². The predicted octanol–water partition coefficient (Wildman–Crippen LogP) is 0.806. The van der Waals surface area contributed by atoms with E-state index in [4.69, 9.17) is 15.2 Å². The summed E-state index contributed by atoms with van der Waals surface area (Å²) >= 11 is 0. The molecule has 0 bridgehead atoms. The van der Waals surface area contributed by atoms with E-state index >= 15 is 0 Å². The Balaban J connectivity index is 1.80. The van der Waals surface area contributed by atoms with Gasteiger partial charge >= 0.3 is 0 Å². The number of anilines is 1. The van der Waals surface area contributed by atoms with Crippen LogP contribution in [0.15, 0.2) is 18.2 Å². The molecule has 2 aliphatic heterocycles. The Morgan fingerprint density at radius 2 is 2.35 bits per heavy atom. The highest BCUT2D eigenvalue weighted by Gasteiger charge is 2.27. The van der Waals surface area contributed by atoms with Crippen molar-refractivity contribution >= 4 is 11.6 Å². The molecule has 0 saturated carbocycles. The van der Waals surface area contributed by atoms with E-state index < -0.39 is 6.04 Å². The fourth-order valence-corrected chi connectivity index (χ4v) is 2.14. The van der Waals surface area contributed by atoms with Crippen LogP contribution >= 0.6 is 0 Å². The number of hydrogen-bond acceptors (Lipinski definition) is 4. The summed E-state index contributed by atoms with van der Waals surface area (Å²) < 4.78 is 11.0. The van der Waals surface area contributed by atoms with Crippen molar-refractivity contribution in [2.75, 3.05) is 18.5 Å². The van der Waals surface area contributed by atoms with Crippen LogP contribution in [0, 0.1) is 0 Å². The van der Waals surface area contributed by atoms with Crippen LogP contribution in [0.25, 0.3) is 0 Å². The fourth-order valence-electron chi connectivity index (χ4n) is 2.14. The van der Waals surface area contributed by atoms with Gasteiger partial charge in [0.25, 0.3) is 0 Å². The molecule has 90 valence electrons. The maximum Gasteiger partial charge on any atom is 0.245 e. The molecule has 1 amide bonds. The molecule has 2 unspecified atom stereocenters. The summed E-state index contributed by atoms with van der Waals surface area (Å²) in [5, 5.41) is 2.74. The Kier molecular flexibility index (Phi) is 2.49. The summed E-state index contributed by atoms with van der Waals surface area (Å²) in [6, 6.07) is 4.94. The van der Waals surface area contributed by atoms with E-state index in [1.165, 1.54) is 0 Å². The van der Waals surface area contributed by atoms with E-state index in [2.05, 4.69) is 5.32 Å². The van der Waals surface area contributed by atoms with Gasteiger partial charge in [-0.2, -0.15) is 0 Å². The Morgan fingerprint density at radius 3 is 3.12 bits per heavy atom. The summed E-state index contributed by atoms with van der Waals surface area (Å²) in [5.74, 6) is 0.579. The number of ether oxygens (including phenoxy) is 2. The van der Waals surface area contributed by atoms with Crippen LogP contribution in [-0.2, 0) is 9.53 Å². The van der Waals surface area contributed by atoms with E-state index in [0.29, 0.717) is 6.61 Å². The first-order valence-electron chi connectivity index (χ1n) is 5.69. The van der Waals surface area contributed by atoms with Crippen LogP contribution in [0.1, 0.15) is 18.0 Å². The zero-order valence-corrected chi connectivity index (χ0v) is 9.31. The lowest BCUT2D eigenvalue weighted by Gasteiger charge is -2.12. The average molecular weight is 234 g/mol. The van der Waals surface area contributed by atoms with Crippen LogP contribution in [0.4, 0.5) is 5.69 Å². The molecule has 5 heteroatoms. The monoisotopic (exact) mass is 234 g/mol. The quantitative estimate of drug-likeness (QED) is 0.794. The van der Waals surface area contributed by atoms with Crippen LogP contribution in [0.2, 0.25) is 0 Å². The Morgan fingerprint density at radius 1 is 1.47 bits per heavy atom. The van der Waals surface area contributed by atoms with Gasteiger partial charge < -0.3 is 20.5 Å². The Bertz CT molecular complexity index is 455. The van der Waals surface area contributed by atoms with Crippen LogP contribution in [0.5, 0.6) is 5.75 Å². The lowest BCUT2D eigenvalue weighted by atomic mass is 10.1. The number of carbonyl (C=O) groups is 1. The second-order valence-corrected chi connectivity index (χ2v) is 4.32. The van der Waals surface area contributed by atoms with Gasteiger partial charge in [-0.25, -0.2) is 0 Å². The van der Waals surface area contributed by atoms with Gasteiger partial charge in [-0.15, -0.1) is 0 Å². The van der Waals surface area contributed by atoms with Gasteiger partial charge in [-0.1, -0.05) is 6.07 Å². The first kappa shape index (κ1) is 10.6. The number of nitrogens with one attached hydrogen (secondary N) is 1. The van der Waals surface area contributed by atoms with Gasteiger partial charge in [0.05, 0.1) is 13.2 Å². The minimum atomic E-state index is -0.561. The molecule has 3 N–H and O–H groups in total. The minimum Gasteiger partial charge on any atom is -0.488 e. The Labute approximate surface area is 98.9 Å². The van der Waals surface area contributed by atoms with Crippen molar-refractivity contribution in [1.82, 2.24) is 0 Å². The minimum absolute atomic E-state index is 0.110. The number of nitrogens with two attached hydrogens (primary N) is 1. The van der Waals surface area contributed by atoms with Crippen molar-refractivity contribution in [2.24, 2.45) is 5.73 Å². The predicted molar refractivity (Wildman–Crippen MR) is 61.9 cm³/mol. The van der Waals surface area contributed by atoms with E-state index in [9.17, 15) is 4.79 Å². The highest BCUT2D eigenvalue weighted by molar-refractivity contribution is 6.02. The van der Waals surface area contributed by atoms with Crippen molar-refractivity contribution in [3.05, 3.63) is 23.8 Å². The van der Waals surface area contributed by atoms with Crippen LogP contribution < -0.4 is 15.8 Å². The largest absolute Gasteiger partial charge is 0.488 e. The standard InChI is InChI=1S/C12H14N2O3/c13-11-9-2-1-7(5-10(9)14-12(11)15)17-8-3-4-16-6-8/h1-2,5,8,11H,3-4,6,13H2,(H,14,15). The van der Waals surface area contributed by atoms with Crippen molar-refractivity contribution in [3.8, 4) is 5.75 Å². The van der Waals surface area contributed by atoms with Crippen molar-refractivity contribution in [3.63, 3.8) is 0 Å². The zero-order valence-electron chi connectivity index (χ0n) is 9.31. The third-order valence-electron chi connectivity index (χ3n) is 3.09. The number of hydrogen-bond donors (Lipinski definition) is 2. The van der Waals surface area contributed by atoms with Gasteiger partial charge in [0.1, 0.15) is 17.9 Å². The summed E-state index contributed by atoms with van der Waals surface area (Å²) in [6.07, 6.45) is 1.02. The molecular weight excluding hydrogens is 220 g/mol. The third-order valence-corrected chi connectivity index (χ3v) is 3.09. The molecule has 2 heterocycles. The average Bonchev–Trinajstić information content (AvgIpc) is 2.89. The second kappa shape index (κ2) is 4.01. The molecule has 1 aromatic rings. The summed E-state index contributed by atoms with van der Waals surface area (Å²) in [4.78, 5) is 11.4. The normalized spacial score (nSPS) is 26.8. The van der Waals surface area contributed by atoms with Gasteiger partial charge in [0.15, 0.2) is 0 Å². The molecular formula is C12H14N2O3. The Hall–Kier alpha value is -1.59. The van der Waals surface area contributed by atoms with Crippen LogP contribution in [-0.4, -0.2) is 25.2 Å². The molecule has 3 rings (SSSR count). The number of amides is 1. The van der Waals surface area contributed by atoms with E-state index in [1.807, 2.05) is 18.2 Å². The van der Waals surface area contributed by atoms with Gasteiger partial charge in [-0.05, 0) is 6.07 Å². The second-order valence-electron chi connectivity index (χ2n) is 4.32. The molecule has 0 radical (unpaired) electrons. The summed E-state index contributed by atoms with van der Waals surface area (Å²) in [7, 11) is 0. The molecule has 0 aromatic heterocycles. The SMILES string of the molecule is NC1C(=O)Nc2cc(OC3CCOC3)ccc21. The van der Waals surface area contributed by atoms with Gasteiger partial charge in [-0.3, -0.25) is 4.79 Å². The summed E-state index contributed by atoms with van der Waals surface area (Å²) in [5.41, 5.74) is 7.30. The first-order valence-corrected chi connectivity index (χ1v) is 5.69. The van der Waals surface area contributed by atoms with E-state index in [1.54, 1.807) is 0 Å². The fraction of sp³-hybridized carbons (Fsp3) is 0.417. The maximum atomic E-state index is 11.4. The molecule has 2 aliphatic rings. The zero-order chi connectivity index (χ0) is 11.8. The molecule has 1 saturated heterocycles. The van der Waals surface area contributed by atoms with Crippen molar-refractivity contribution in [1.29, 1.82) is 0 Å². The number of fused-ring (bicyclic) bond motifs is 1. The van der Waals surface area contributed by atoms with Crippen molar-refractivity contribution in [2.45, 2.75) is 18.6 Å². The maximum absolute atomic E-state index is 11.4. The molecule has 17 heavy (non-hydrogen) atoms. The van der Waals surface area contributed by atoms with Crippen LogP contribution in [0.3, 0.4) is 0 Å². The number of carbonyl (C=O) groups excluding carboxylic acids is 1. The smallest absolute Gasteiger partial charge is 0.245 e. The lowest BCUT2D eigenvalue weighted by Crippen LogP contribution is -2.19. The highest BCUT2D eigenvalue weighted by atomic mass is 16.5. The third kappa shape index (κ3) is 1.87. The molecule has 2 atom stereocenters. The van der Waals surface area contributed by atoms with Gasteiger partial charge in [0.2, 0.25) is 5.91 Å². The lowest BCUT2D eigenvalue weighted by molar-refractivity contribution is -0.116. The number of rotatable bonds is 2. The molecule has 1 aromatic carbocycles. The molecule has 5 nitrogen and oxygen atoms in total. The summed E-state index contributed by atoms with van der Waals surface area (Å²) in [6.45, 7) is 1.38. The molecule has 1 fully saturated rings. The topological polar surface area (TPSA) is 73.6 Å². The van der Waals surface area contributed by atoms with E-state index in [-0.39, 0.29) is 12.0 Å². The molecule has 0 aliphatic carbocycles. The van der Waals surface area contributed by atoms with Crippen molar-refractivity contribution < 1.29 is 14.3 Å².